The number of carboxylic acid groups (broad SMARTS) is 1. The van der Waals surface area contributed by atoms with Crippen molar-refractivity contribution in [1.29, 1.82) is 0 Å². The molecule has 62 heavy (non-hydrogen) atoms. The standard InChI is InChI=1S/C44H72O18/c1-21-14-39(2)12-13-43(6)40(3,9-7-10-41(43,4)38(55)56)27(39)8-11-42(21,5)57-20-26-35(62-37-34(53)33(52)30(49)24(17-46)61-37)22-15-44(36(22)54,28(18-47)60-26)58-19-25-31(50)32(51)29(48)23(16-45)59-25/h22-37,45-54H,1,7-20H2,2-6H3,(H,55,56)/t22?,23?,24?,25-,26-,27+,28?,29+,30+,31?,32?,33?,34?,35?,36-,37-,39+,40-,41-,42+,43?,44?/m0/s1. The van der Waals surface area contributed by atoms with Crippen LogP contribution in [0.2, 0.25) is 0 Å². The maximum absolute atomic E-state index is 12.9. The Kier molecular flexibility index (Phi) is 13.6. The van der Waals surface area contributed by atoms with Gasteiger partial charge in [-0.3, -0.25) is 4.79 Å². The first-order valence-corrected chi connectivity index (χ1v) is 22.4. The normalized spacial score (nSPS) is 54.3. The number of fused-ring (bicyclic) bond motifs is 6. The zero-order valence-electron chi connectivity index (χ0n) is 36.6. The minimum absolute atomic E-state index is 0.00791. The van der Waals surface area contributed by atoms with E-state index in [1.807, 2.05) is 13.8 Å². The first-order valence-electron chi connectivity index (χ1n) is 22.4. The zero-order chi connectivity index (χ0) is 45.5. The highest BCUT2D eigenvalue weighted by atomic mass is 16.7. The molecule has 18 heteroatoms. The Hall–Kier alpha value is -1.43. The van der Waals surface area contributed by atoms with E-state index in [1.165, 1.54) is 0 Å². The first-order chi connectivity index (χ1) is 29.0. The lowest BCUT2D eigenvalue weighted by Crippen LogP contribution is -2.69. The molecule has 0 amide bonds. The SMILES string of the molecule is C=C1C[C@@]2(C)CCC3(C)[C@](C)(C(=O)O)CCC[C@@]3(C)[C@@H]2CC[C@@]1(C)OC[C@@H]1OC(CO)C2(OC[C@@H]3OC(CO)[C@@H](O)C(O)C3O)CC(C1O[C@@H]1OC(CO)[C@@H](O)C(O)C1O)[C@@H]2O. The van der Waals surface area contributed by atoms with Crippen LogP contribution in [0, 0.1) is 33.5 Å². The summed E-state index contributed by atoms with van der Waals surface area (Å²) >= 11 is 0. The van der Waals surface area contributed by atoms with E-state index in [0.717, 1.165) is 37.7 Å². The number of hydrogen-bond donors (Lipinski definition) is 11. The smallest absolute Gasteiger partial charge is 0.309 e. The van der Waals surface area contributed by atoms with E-state index in [-0.39, 0.29) is 29.8 Å². The van der Waals surface area contributed by atoms with Gasteiger partial charge in [0.2, 0.25) is 0 Å². The summed E-state index contributed by atoms with van der Waals surface area (Å²) in [4.78, 5) is 12.9. The molecule has 4 saturated heterocycles. The van der Waals surface area contributed by atoms with Crippen LogP contribution in [0.4, 0.5) is 0 Å². The third-order valence-corrected chi connectivity index (χ3v) is 17.9. The molecule has 4 aliphatic heterocycles. The van der Waals surface area contributed by atoms with E-state index >= 15 is 0 Å². The predicted octanol–water partition coefficient (Wildman–Crippen LogP) is -0.871. The van der Waals surface area contributed by atoms with Crippen molar-refractivity contribution in [2.75, 3.05) is 33.0 Å². The van der Waals surface area contributed by atoms with Gasteiger partial charge in [-0.15, -0.1) is 0 Å². The highest BCUT2D eigenvalue weighted by molar-refractivity contribution is 5.76. The molecule has 0 aromatic rings. The summed E-state index contributed by atoms with van der Waals surface area (Å²) in [6.45, 7) is 12.5. The quantitative estimate of drug-likeness (QED) is 0.106. The largest absolute Gasteiger partial charge is 0.481 e. The van der Waals surface area contributed by atoms with Gasteiger partial charge >= 0.3 is 5.97 Å². The van der Waals surface area contributed by atoms with Crippen LogP contribution in [0.15, 0.2) is 12.2 Å². The maximum atomic E-state index is 12.9. The fraction of sp³-hybridized carbons (Fsp3) is 0.932. The molecular weight excluding hydrogens is 816 g/mol. The summed E-state index contributed by atoms with van der Waals surface area (Å²) in [5.41, 5.74) is -3.47. The van der Waals surface area contributed by atoms with Crippen molar-refractivity contribution in [2.24, 2.45) is 33.5 Å². The van der Waals surface area contributed by atoms with Crippen LogP contribution in [0.1, 0.15) is 92.4 Å². The van der Waals surface area contributed by atoms with Crippen molar-refractivity contribution in [3.63, 3.8) is 0 Å². The molecule has 8 fully saturated rings. The lowest BCUT2D eigenvalue weighted by atomic mass is 9.36. The summed E-state index contributed by atoms with van der Waals surface area (Å²) in [6.07, 6.45) is -14.5. The molecule has 0 aromatic carbocycles. The maximum Gasteiger partial charge on any atom is 0.309 e. The first kappa shape index (κ1) is 48.5. The Bertz CT molecular complexity index is 1630. The third-order valence-electron chi connectivity index (χ3n) is 17.9. The van der Waals surface area contributed by atoms with E-state index in [2.05, 4.69) is 27.4 Å². The minimum atomic E-state index is -1.78. The van der Waals surface area contributed by atoms with Gasteiger partial charge in [0.05, 0.1) is 56.3 Å². The molecule has 356 valence electrons. The molecule has 0 aromatic heterocycles. The lowest BCUT2D eigenvalue weighted by Gasteiger charge is -2.68. The lowest BCUT2D eigenvalue weighted by molar-refractivity contribution is -0.331. The molecule has 2 bridgehead atoms. The number of aliphatic hydroxyl groups is 10. The van der Waals surface area contributed by atoms with E-state index < -0.39 is 146 Å². The number of hydrogen-bond acceptors (Lipinski definition) is 17. The molecule has 0 spiro atoms. The number of carbonyl (C=O) groups is 1. The van der Waals surface area contributed by atoms with Crippen molar-refractivity contribution in [1.82, 2.24) is 0 Å². The van der Waals surface area contributed by atoms with E-state index in [0.29, 0.717) is 19.3 Å². The van der Waals surface area contributed by atoms with Crippen molar-refractivity contribution in [3.05, 3.63) is 12.2 Å². The van der Waals surface area contributed by atoms with Crippen molar-refractivity contribution < 1.29 is 89.4 Å². The predicted molar refractivity (Wildman–Crippen MR) is 215 cm³/mol. The van der Waals surface area contributed by atoms with Gasteiger partial charge in [0.15, 0.2) is 6.29 Å². The van der Waals surface area contributed by atoms with Crippen molar-refractivity contribution >= 4 is 5.97 Å². The average Bonchev–Trinajstić information content (AvgIpc) is 3.48. The average molecular weight is 889 g/mol. The van der Waals surface area contributed by atoms with Crippen molar-refractivity contribution in [2.45, 2.75) is 189 Å². The Morgan fingerprint density at radius 3 is 1.94 bits per heavy atom. The molecule has 22 atom stereocenters. The van der Waals surface area contributed by atoms with Crippen LogP contribution < -0.4 is 0 Å². The summed E-state index contributed by atoms with van der Waals surface area (Å²) in [6, 6.07) is 0. The van der Waals surface area contributed by atoms with Gasteiger partial charge in [-0.05, 0) is 93.0 Å². The molecule has 8 aliphatic rings. The zero-order valence-corrected chi connectivity index (χ0v) is 36.6. The molecular formula is C44H72O18. The monoisotopic (exact) mass is 888 g/mol. The van der Waals surface area contributed by atoms with Crippen LogP contribution in [-0.4, -0.2) is 192 Å². The van der Waals surface area contributed by atoms with Gasteiger partial charge in [0.25, 0.3) is 0 Å². The Labute approximate surface area is 362 Å². The number of aliphatic hydroxyl groups excluding tert-OH is 10. The van der Waals surface area contributed by atoms with E-state index in [1.54, 1.807) is 0 Å². The summed E-state index contributed by atoms with van der Waals surface area (Å²) in [5.74, 6) is -1.43. The Morgan fingerprint density at radius 2 is 1.32 bits per heavy atom. The second-order valence-corrected chi connectivity index (χ2v) is 20.9. The molecule has 8 rings (SSSR count). The Balaban J connectivity index is 1.15. The molecule has 4 heterocycles. The number of rotatable bonds is 12. The third kappa shape index (κ3) is 7.44. The minimum Gasteiger partial charge on any atom is -0.481 e. The molecule has 4 aliphatic carbocycles. The van der Waals surface area contributed by atoms with Crippen molar-refractivity contribution in [3.8, 4) is 0 Å². The molecule has 11 N–H and O–H groups in total. The molecule has 0 radical (unpaired) electrons. The summed E-state index contributed by atoms with van der Waals surface area (Å²) in [5, 5.41) is 117. The molecule has 11 unspecified atom stereocenters. The van der Waals surface area contributed by atoms with Gasteiger partial charge in [-0.2, -0.15) is 0 Å². The Morgan fingerprint density at radius 1 is 0.710 bits per heavy atom. The van der Waals surface area contributed by atoms with Gasteiger partial charge in [0.1, 0.15) is 72.7 Å². The second kappa shape index (κ2) is 17.3. The second-order valence-electron chi connectivity index (χ2n) is 20.9. The number of ether oxygens (including phenoxy) is 6. The van der Waals surface area contributed by atoms with E-state index in [9.17, 15) is 61.0 Å². The number of aliphatic carboxylic acids is 1. The topological polar surface area (TPSA) is 295 Å². The summed E-state index contributed by atoms with van der Waals surface area (Å²) in [7, 11) is 0. The van der Waals surface area contributed by atoms with Crippen LogP contribution in [-0.2, 0) is 33.2 Å². The van der Waals surface area contributed by atoms with Gasteiger partial charge in [-0.1, -0.05) is 33.8 Å². The fourth-order valence-corrected chi connectivity index (χ4v) is 13.3. The molecule has 4 saturated carbocycles. The van der Waals surface area contributed by atoms with Crippen LogP contribution in [0.5, 0.6) is 0 Å². The van der Waals surface area contributed by atoms with Crippen LogP contribution in [0.25, 0.3) is 0 Å². The van der Waals surface area contributed by atoms with Gasteiger partial charge in [0, 0.05) is 5.92 Å². The number of carboxylic acids is 1. The van der Waals surface area contributed by atoms with Crippen LogP contribution in [0.3, 0.4) is 0 Å². The van der Waals surface area contributed by atoms with Gasteiger partial charge in [-0.25, -0.2) is 0 Å². The van der Waals surface area contributed by atoms with Gasteiger partial charge < -0.3 is 84.6 Å². The molecule has 18 nitrogen and oxygen atoms in total. The highest BCUT2D eigenvalue weighted by Crippen LogP contribution is 2.73. The fourth-order valence-electron chi connectivity index (χ4n) is 13.3. The van der Waals surface area contributed by atoms with E-state index in [4.69, 9.17) is 28.4 Å². The van der Waals surface area contributed by atoms with Crippen LogP contribution >= 0.6 is 0 Å². The highest BCUT2D eigenvalue weighted by Gasteiger charge is 2.70. The summed E-state index contributed by atoms with van der Waals surface area (Å²) < 4.78 is 37.5.